The van der Waals surface area contributed by atoms with Crippen molar-refractivity contribution in [3.05, 3.63) is 58.1 Å². The van der Waals surface area contributed by atoms with Crippen molar-refractivity contribution in [1.29, 1.82) is 0 Å². The predicted octanol–water partition coefficient (Wildman–Crippen LogP) is 4.37. The molecule has 0 aliphatic carbocycles. The van der Waals surface area contributed by atoms with E-state index < -0.39 is 12.1 Å². The lowest BCUT2D eigenvalue weighted by Crippen LogP contribution is -2.26. The molecule has 0 aromatic heterocycles. The Balaban J connectivity index is 2.03. The zero-order valence-electron chi connectivity index (χ0n) is 15.2. The molecule has 2 aromatic carbocycles. The van der Waals surface area contributed by atoms with Gasteiger partial charge < -0.3 is 14.2 Å². The highest BCUT2D eigenvalue weighted by Crippen LogP contribution is 2.24. The summed E-state index contributed by atoms with van der Waals surface area (Å²) in [7, 11) is 1.52. The quantitative estimate of drug-likeness (QED) is 0.530. The number of hydrogen-bond acceptors (Lipinski definition) is 5. The normalized spacial score (nSPS) is 11.6. The number of carbonyl (C=O) groups is 2. The van der Waals surface area contributed by atoms with Gasteiger partial charge in [0, 0.05) is 16.1 Å². The van der Waals surface area contributed by atoms with E-state index in [1.54, 1.807) is 43.3 Å². The Labute approximate surface area is 157 Å². The van der Waals surface area contributed by atoms with Gasteiger partial charge in [-0.3, -0.25) is 4.79 Å². The number of esters is 1. The van der Waals surface area contributed by atoms with E-state index in [0.717, 1.165) is 5.56 Å². The standard InChI is InChI=1S/C20H21ClO5/c1-12-9-17(21)6-8-18(12)26-14(3)20(23)25-11-16-10-15(13(2)22)5-7-19(16)24-4/h5-10,14H,11H2,1-4H3/t14-/m1/s1. The van der Waals surface area contributed by atoms with Gasteiger partial charge in [0.25, 0.3) is 0 Å². The second-order valence-corrected chi connectivity index (χ2v) is 6.30. The van der Waals surface area contributed by atoms with E-state index in [4.69, 9.17) is 25.8 Å². The number of ketones is 1. The largest absolute Gasteiger partial charge is 0.496 e. The van der Waals surface area contributed by atoms with Crippen molar-refractivity contribution in [3.63, 3.8) is 0 Å². The van der Waals surface area contributed by atoms with Gasteiger partial charge in [-0.05, 0) is 62.7 Å². The van der Waals surface area contributed by atoms with Crippen LogP contribution in [-0.4, -0.2) is 25.0 Å². The molecule has 26 heavy (non-hydrogen) atoms. The average molecular weight is 377 g/mol. The van der Waals surface area contributed by atoms with Crippen LogP contribution in [0.25, 0.3) is 0 Å². The van der Waals surface area contributed by atoms with Crippen LogP contribution >= 0.6 is 11.6 Å². The number of Topliss-reactive ketones (excluding diaryl/α,β-unsaturated/α-hetero) is 1. The minimum Gasteiger partial charge on any atom is -0.496 e. The smallest absolute Gasteiger partial charge is 0.347 e. The summed E-state index contributed by atoms with van der Waals surface area (Å²) in [6, 6.07) is 10.2. The van der Waals surface area contributed by atoms with Crippen molar-refractivity contribution in [2.45, 2.75) is 33.5 Å². The Bertz CT molecular complexity index is 816. The Morgan fingerprint density at radius 2 is 1.81 bits per heavy atom. The number of ether oxygens (including phenoxy) is 3. The molecule has 0 aliphatic rings. The molecule has 0 radical (unpaired) electrons. The Kier molecular flexibility index (Phi) is 6.64. The Morgan fingerprint density at radius 3 is 2.42 bits per heavy atom. The van der Waals surface area contributed by atoms with Gasteiger partial charge >= 0.3 is 5.97 Å². The third-order valence-electron chi connectivity index (χ3n) is 3.83. The number of carbonyl (C=O) groups excluding carboxylic acids is 2. The lowest BCUT2D eigenvalue weighted by molar-refractivity contribution is -0.152. The maximum Gasteiger partial charge on any atom is 0.347 e. The molecular weight excluding hydrogens is 356 g/mol. The van der Waals surface area contributed by atoms with Crippen molar-refractivity contribution in [2.24, 2.45) is 0 Å². The number of aryl methyl sites for hydroxylation is 1. The fourth-order valence-corrected chi connectivity index (χ4v) is 2.59. The van der Waals surface area contributed by atoms with E-state index in [9.17, 15) is 9.59 Å². The molecule has 0 saturated carbocycles. The third kappa shape index (κ3) is 4.99. The first-order chi connectivity index (χ1) is 12.3. The fraction of sp³-hybridized carbons (Fsp3) is 0.300. The van der Waals surface area contributed by atoms with Gasteiger partial charge in [-0.2, -0.15) is 0 Å². The monoisotopic (exact) mass is 376 g/mol. The van der Waals surface area contributed by atoms with Gasteiger partial charge in [-0.25, -0.2) is 4.79 Å². The van der Waals surface area contributed by atoms with E-state index in [2.05, 4.69) is 0 Å². The van der Waals surface area contributed by atoms with Gasteiger partial charge in [0.2, 0.25) is 0 Å². The van der Waals surface area contributed by atoms with Crippen LogP contribution in [0.2, 0.25) is 5.02 Å². The molecule has 0 N–H and O–H groups in total. The predicted molar refractivity (Wildman–Crippen MR) is 99.1 cm³/mol. The highest BCUT2D eigenvalue weighted by atomic mass is 35.5. The zero-order valence-corrected chi connectivity index (χ0v) is 15.9. The molecule has 0 amide bonds. The molecule has 2 aromatic rings. The van der Waals surface area contributed by atoms with E-state index in [-0.39, 0.29) is 12.4 Å². The maximum absolute atomic E-state index is 12.2. The molecule has 0 spiro atoms. The summed E-state index contributed by atoms with van der Waals surface area (Å²) >= 11 is 5.91. The maximum atomic E-state index is 12.2. The molecule has 5 nitrogen and oxygen atoms in total. The molecule has 0 fully saturated rings. The van der Waals surface area contributed by atoms with Crippen LogP contribution in [0.3, 0.4) is 0 Å². The van der Waals surface area contributed by atoms with Crippen LogP contribution in [0.4, 0.5) is 0 Å². The summed E-state index contributed by atoms with van der Waals surface area (Å²) in [6.07, 6.45) is -0.795. The SMILES string of the molecule is COc1ccc(C(C)=O)cc1COC(=O)[C@@H](C)Oc1ccc(Cl)cc1C. The molecule has 0 heterocycles. The van der Waals surface area contributed by atoms with Crippen LogP contribution in [0.15, 0.2) is 36.4 Å². The fourth-order valence-electron chi connectivity index (χ4n) is 2.36. The minimum absolute atomic E-state index is 0.0174. The van der Waals surface area contributed by atoms with Crippen molar-refractivity contribution >= 4 is 23.4 Å². The lowest BCUT2D eigenvalue weighted by Gasteiger charge is -2.16. The first kappa shape index (κ1) is 19.8. The van der Waals surface area contributed by atoms with Gasteiger partial charge in [0.05, 0.1) is 7.11 Å². The van der Waals surface area contributed by atoms with E-state index in [1.165, 1.54) is 14.0 Å². The summed E-state index contributed by atoms with van der Waals surface area (Å²) in [4.78, 5) is 23.8. The van der Waals surface area contributed by atoms with Crippen LogP contribution < -0.4 is 9.47 Å². The summed E-state index contributed by atoms with van der Waals surface area (Å²) < 4.78 is 16.2. The van der Waals surface area contributed by atoms with Crippen LogP contribution in [0.5, 0.6) is 11.5 Å². The number of hydrogen-bond donors (Lipinski definition) is 0. The Morgan fingerprint density at radius 1 is 1.12 bits per heavy atom. The van der Waals surface area contributed by atoms with Crippen LogP contribution in [0.1, 0.15) is 35.3 Å². The Hall–Kier alpha value is -2.53. The highest BCUT2D eigenvalue weighted by Gasteiger charge is 2.18. The molecule has 1 atom stereocenters. The molecule has 0 unspecified atom stereocenters. The van der Waals surface area contributed by atoms with Crippen LogP contribution in [0, 0.1) is 6.92 Å². The first-order valence-electron chi connectivity index (χ1n) is 8.09. The molecular formula is C20H21ClO5. The van der Waals surface area contributed by atoms with Gasteiger partial charge in [0.15, 0.2) is 11.9 Å². The van der Waals surface area contributed by atoms with Crippen molar-refractivity contribution in [1.82, 2.24) is 0 Å². The minimum atomic E-state index is -0.795. The molecule has 0 saturated heterocycles. The third-order valence-corrected chi connectivity index (χ3v) is 4.06. The molecule has 138 valence electrons. The summed E-state index contributed by atoms with van der Waals surface area (Å²) in [6.45, 7) is 4.91. The average Bonchev–Trinajstić information content (AvgIpc) is 2.61. The van der Waals surface area contributed by atoms with Crippen LogP contribution in [-0.2, 0) is 16.1 Å². The number of rotatable bonds is 7. The molecule has 2 rings (SSSR count). The second kappa shape index (κ2) is 8.72. The van der Waals surface area contributed by atoms with E-state index in [0.29, 0.717) is 27.6 Å². The number of methoxy groups -OCH3 is 1. The van der Waals surface area contributed by atoms with Gasteiger partial charge in [0.1, 0.15) is 18.1 Å². The zero-order chi connectivity index (χ0) is 19.3. The van der Waals surface area contributed by atoms with E-state index >= 15 is 0 Å². The number of benzene rings is 2. The lowest BCUT2D eigenvalue weighted by atomic mass is 10.1. The summed E-state index contributed by atoms with van der Waals surface area (Å²) in [5, 5.41) is 0.600. The topological polar surface area (TPSA) is 61.8 Å². The second-order valence-electron chi connectivity index (χ2n) is 5.86. The molecule has 0 aliphatic heterocycles. The van der Waals surface area contributed by atoms with Gasteiger partial charge in [-0.15, -0.1) is 0 Å². The van der Waals surface area contributed by atoms with Crippen molar-refractivity contribution in [3.8, 4) is 11.5 Å². The summed E-state index contributed by atoms with van der Waals surface area (Å²) in [5.41, 5.74) is 1.97. The van der Waals surface area contributed by atoms with Gasteiger partial charge in [-0.1, -0.05) is 11.6 Å². The highest BCUT2D eigenvalue weighted by molar-refractivity contribution is 6.30. The first-order valence-corrected chi connectivity index (χ1v) is 8.47. The van der Waals surface area contributed by atoms with E-state index in [1.807, 2.05) is 6.92 Å². The molecule has 0 bridgehead atoms. The summed E-state index contributed by atoms with van der Waals surface area (Å²) in [5.74, 6) is 0.518. The van der Waals surface area contributed by atoms with Crippen molar-refractivity contribution in [2.75, 3.05) is 7.11 Å². The number of halogens is 1. The van der Waals surface area contributed by atoms with Crippen molar-refractivity contribution < 1.29 is 23.8 Å². The molecule has 6 heteroatoms.